The number of nitrogens with one attached hydrogen (secondary N) is 1. The summed E-state index contributed by atoms with van der Waals surface area (Å²) in [4.78, 5) is 28.6. The summed E-state index contributed by atoms with van der Waals surface area (Å²) in [5, 5.41) is 4.37. The third-order valence-corrected chi connectivity index (χ3v) is 7.19. The number of hydrogen-bond acceptors (Lipinski definition) is 5. The summed E-state index contributed by atoms with van der Waals surface area (Å²) in [7, 11) is 0. The summed E-state index contributed by atoms with van der Waals surface area (Å²) in [5.74, 6) is 1.41. The fourth-order valence-electron chi connectivity index (χ4n) is 5.69. The first-order valence-electron chi connectivity index (χ1n) is 12.1. The number of nitrogens with zero attached hydrogens (tertiary/aromatic N) is 4. The van der Waals surface area contributed by atoms with Crippen molar-refractivity contribution in [3.05, 3.63) is 63.2 Å². The first-order chi connectivity index (χ1) is 15.9. The van der Waals surface area contributed by atoms with Crippen LogP contribution in [0.3, 0.4) is 0 Å². The van der Waals surface area contributed by atoms with Crippen molar-refractivity contribution in [3.8, 4) is 5.69 Å². The summed E-state index contributed by atoms with van der Waals surface area (Å²) in [6, 6.07) is 5.60. The number of hydrogen-bond donors (Lipinski definition) is 1. The molecular formula is C25H33N5O3. The third kappa shape index (κ3) is 4.96. The van der Waals surface area contributed by atoms with Crippen molar-refractivity contribution in [3.63, 3.8) is 0 Å². The van der Waals surface area contributed by atoms with Crippen molar-refractivity contribution < 1.29 is 4.74 Å². The van der Waals surface area contributed by atoms with E-state index in [2.05, 4.69) is 41.0 Å². The molecule has 0 aliphatic carbocycles. The molecule has 3 atom stereocenters. The molecule has 0 spiro atoms. The molecule has 1 unspecified atom stereocenters. The maximum Gasteiger partial charge on any atom is 0.333 e. The molecule has 0 aromatic carbocycles. The smallest absolute Gasteiger partial charge is 0.333 e. The van der Waals surface area contributed by atoms with Crippen molar-refractivity contribution in [2.24, 2.45) is 11.8 Å². The zero-order chi connectivity index (χ0) is 22.9. The molecule has 0 radical (unpaired) electrons. The molecule has 3 aromatic rings. The molecule has 2 aliphatic rings. The van der Waals surface area contributed by atoms with Gasteiger partial charge in [-0.3, -0.25) is 14.3 Å². The number of rotatable bonds is 5. The molecule has 8 heteroatoms. The van der Waals surface area contributed by atoms with E-state index < -0.39 is 11.2 Å². The van der Waals surface area contributed by atoms with Gasteiger partial charge in [0.05, 0.1) is 29.6 Å². The standard InChI is InChI=1S/C25H33N5O3/c1-17-11-21(12-18(2)33-17)16-28-7-3-19(4-8-28)13-20-5-10-30-22(14-20)23(15-26-30)29-9-6-24(31)27-25(29)32/h5-6,9-10,14-15,17-19,21H,3-4,7-8,11-13,16H2,1-2H3,(H,27,31,32)/t17-,18+,21?. The summed E-state index contributed by atoms with van der Waals surface area (Å²) < 4.78 is 9.11. The Morgan fingerprint density at radius 3 is 2.55 bits per heavy atom. The quantitative estimate of drug-likeness (QED) is 0.645. The average molecular weight is 452 g/mol. The number of H-pyrrole nitrogens is 1. The maximum atomic E-state index is 12.3. The van der Waals surface area contributed by atoms with Crippen LogP contribution >= 0.6 is 0 Å². The Hall–Kier alpha value is -2.71. The highest BCUT2D eigenvalue weighted by Crippen LogP contribution is 2.28. The van der Waals surface area contributed by atoms with E-state index in [4.69, 9.17) is 4.74 Å². The van der Waals surface area contributed by atoms with Crippen molar-refractivity contribution >= 4 is 5.52 Å². The Morgan fingerprint density at radius 1 is 1.06 bits per heavy atom. The number of aromatic amines is 1. The molecule has 0 bridgehead atoms. The second-order valence-electron chi connectivity index (χ2n) is 9.92. The van der Waals surface area contributed by atoms with Gasteiger partial charge in [-0.05, 0) is 88.6 Å². The van der Waals surface area contributed by atoms with Gasteiger partial charge in [0.1, 0.15) is 0 Å². The summed E-state index contributed by atoms with van der Waals surface area (Å²) in [6.07, 6.45) is 11.7. The van der Waals surface area contributed by atoms with Crippen molar-refractivity contribution in [1.29, 1.82) is 0 Å². The fourth-order valence-corrected chi connectivity index (χ4v) is 5.69. The molecule has 0 saturated carbocycles. The van der Waals surface area contributed by atoms with Gasteiger partial charge in [-0.2, -0.15) is 5.10 Å². The number of likely N-dealkylation sites (tertiary alicyclic amines) is 1. The summed E-state index contributed by atoms with van der Waals surface area (Å²) in [6.45, 7) is 7.93. The Bertz CT molecular complexity index is 1210. The van der Waals surface area contributed by atoms with Crippen LogP contribution in [0.15, 0.2) is 46.4 Å². The van der Waals surface area contributed by atoms with E-state index in [-0.39, 0.29) is 0 Å². The monoisotopic (exact) mass is 451 g/mol. The highest BCUT2D eigenvalue weighted by Gasteiger charge is 2.28. The van der Waals surface area contributed by atoms with Crippen LogP contribution in [0.1, 0.15) is 45.1 Å². The number of aromatic nitrogens is 4. The third-order valence-electron chi connectivity index (χ3n) is 7.19. The van der Waals surface area contributed by atoms with Gasteiger partial charge in [0, 0.05) is 25.0 Å². The SMILES string of the molecule is C[C@@H]1CC(CN2CCC(Cc3ccn4ncc(-n5ccc(=O)[nH]c5=O)c4c3)CC2)C[C@H](C)O1. The molecule has 2 fully saturated rings. The molecule has 33 heavy (non-hydrogen) atoms. The van der Waals surface area contributed by atoms with Crippen molar-refractivity contribution in [2.75, 3.05) is 19.6 Å². The predicted molar refractivity (Wildman–Crippen MR) is 127 cm³/mol. The van der Waals surface area contributed by atoms with Crippen LogP contribution in [0.4, 0.5) is 0 Å². The van der Waals surface area contributed by atoms with E-state index in [9.17, 15) is 9.59 Å². The van der Waals surface area contributed by atoms with Crippen LogP contribution in [0.25, 0.3) is 11.2 Å². The van der Waals surface area contributed by atoms with E-state index in [1.807, 2.05) is 6.20 Å². The Labute approximate surface area is 193 Å². The number of fused-ring (bicyclic) bond motifs is 1. The van der Waals surface area contributed by atoms with Gasteiger partial charge in [-0.15, -0.1) is 0 Å². The normalized spacial score (nSPS) is 25.0. The van der Waals surface area contributed by atoms with Crippen LogP contribution in [-0.2, 0) is 11.2 Å². The molecule has 2 saturated heterocycles. The van der Waals surface area contributed by atoms with Gasteiger partial charge in [0.15, 0.2) is 0 Å². The second kappa shape index (κ2) is 9.27. The van der Waals surface area contributed by atoms with Crippen LogP contribution in [0.5, 0.6) is 0 Å². The minimum Gasteiger partial charge on any atom is -0.376 e. The van der Waals surface area contributed by atoms with E-state index in [1.165, 1.54) is 54.6 Å². The molecule has 2 aliphatic heterocycles. The lowest BCUT2D eigenvalue weighted by atomic mass is 9.88. The summed E-state index contributed by atoms with van der Waals surface area (Å²) >= 11 is 0. The van der Waals surface area contributed by atoms with Crippen molar-refractivity contribution in [2.45, 2.75) is 58.2 Å². The summed E-state index contributed by atoms with van der Waals surface area (Å²) in [5.41, 5.74) is 1.94. The van der Waals surface area contributed by atoms with Crippen molar-refractivity contribution in [1.82, 2.24) is 24.1 Å². The predicted octanol–water partition coefficient (Wildman–Crippen LogP) is 2.63. The number of pyridine rings is 1. The first kappa shape index (κ1) is 22.1. The van der Waals surface area contributed by atoms with Crippen LogP contribution in [-0.4, -0.2) is 55.9 Å². The molecule has 5 heterocycles. The fraction of sp³-hybridized carbons (Fsp3) is 0.560. The lowest BCUT2D eigenvalue weighted by molar-refractivity contribution is -0.0586. The van der Waals surface area contributed by atoms with E-state index in [0.29, 0.717) is 23.8 Å². The molecule has 176 valence electrons. The Balaban J connectivity index is 1.23. The highest BCUT2D eigenvalue weighted by atomic mass is 16.5. The van der Waals surface area contributed by atoms with E-state index in [1.54, 1.807) is 10.7 Å². The second-order valence-corrected chi connectivity index (χ2v) is 9.92. The Kier molecular flexibility index (Phi) is 6.21. The van der Waals surface area contributed by atoms with E-state index in [0.717, 1.165) is 30.9 Å². The lowest BCUT2D eigenvalue weighted by Crippen LogP contribution is -2.41. The van der Waals surface area contributed by atoms with Gasteiger partial charge < -0.3 is 9.64 Å². The molecule has 8 nitrogen and oxygen atoms in total. The molecule has 3 aromatic heterocycles. The molecule has 5 rings (SSSR count). The zero-order valence-corrected chi connectivity index (χ0v) is 19.4. The maximum absolute atomic E-state index is 12.3. The number of piperidine rings is 1. The van der Waals surface area contributed by atoms with Gasteiger partial charge in [0.2, 0.25) is 0 Å². The average Bonchev–Trinajstić information content (AvgIpc) is 3.17. The van der Waals surface area contributed by atoms with E-state index >= 15 is 0 Å². The van der Waals surface area contributed by atoms with Gasteiger partial charge >= 0.3 is 5.69 Å². The highest BCUT2D eigenvalue weighted by molar-refractivity contribution is 5.64. The van der Waals surface area contributed by atoms with Crippen LogP contribution in [0.2, 0.25) is 0 Å². The van der Waals surface area contributed by atoms with Gasteiger partial charge in [-0.1, -0.05) is 0 Å². The lowest BCUT2D eigenvalue weighted by Gasteiger charge is -2.38. The molecular weight excluding hydrogens is 418 g/mol. The topological polar surface area (TPSA) is 84.6 Å². The first-order valence-corrected chi connectivity index (χ1v) is 12.1. The zero-order valence-electron chi connectivity index (χ0n) is 19.4. The molecule has 0 amide bonds. The Morgan fingerprint density at radius 2 is 1.82 bits per heavy atom. The van der Waals surface area contributed by atoms with Crippen LogP contribution < -0.4 is 11.2 Å². The molecule has 1 N–H and O–H groups in total. The van der Waals surface area contributed by atoms with Crippen LogP contribution in [0, 0.1) is 11.8 Å². The minimum atomic E-state index is -0.455. The number of ether oxygens (including phenoxy) is 1. The van der Waals surface area contributed by atoms with Gasteiger partial charge in [-0.25, -0.2) is 9.31 Å². The van der Waals surface area contributed by atoms with Gasteiger partial charge in [0.25, 0.3) is 5.56 Å². The minimum absolute atomic E-state index is 0.381. The largest absolute Gasteiger partial charge is 0.376 e.